The van der Waals surface area contributed by atoms with E-state index in [-0.39, 0.29) is 0 Å². The quantitative estimate of drug-likeness (QED) is 0.153. The fourth-order valence-electron chi connectivity index (χ4n) is 9.47. The van der Waals surface area contributed by atoms with Gasteiger partial charge in [0.25, 0.3) is 0 Å². The van der Waals surface area contributed by atoms with Crippen LogP contribution in [0.2, 0.25) is 0 Å². The summed E-state index contributed by atoms with van der Waals surface area (Å²) in [6.45, 7) is 0. The van der Waals surface area contributed by atoms with Crippen molar-refractivity contribution in [3.63, 3.8) is 0 Å². The Morgan fingerprint density at radius 3 is 1.35 bits per heavy atom. The molecule has 0 amide bonds. The van der Waals surface area contributed by atoms with Gasteiger partial charge in [-0.1, -0.05) is 158 Å². The Hall–Kier alpha value is -7.94. The van der Waals surface area contributed by atoms with Crippen molar-refractivity contribution < 1.29 is 0 Å². The number of rotatable bonds is 6. The van der Waals surface area contributed by atoms with Crippen molar-refractivity contribution in [1.82, 2.24) is 4.57 Å². The van der Waals surface area contributed by atoms with E-state index in [9.17, 15) is 0 Å². The first-order chi connectivity index (χ1) is 29.7. The van der Waals surface area contributed by atoms with Crippen molar-refractivity contribution in [2.24, 2.45) is 0 Å². The number of aromatic nitrogens is 1. The Bertz CT molecular complexity index is 3550. The van der Waals surface area contributed by atoms with Crippen LogP contribution in [0.25, 0.3) is 92.8 Å². The molecule has 0 atom stereocenters. The minimum atomic E-state index is 1.11. The Balaban J connectivity index is 1.02. The van der Waals surface area contributed by atoms with E-state index in [1.54, 1.807) is 0 Å². The number of anilines is 3. The molecule has 12 rings (SSSR count). The van der Waals surface area contributed by atoms with Crippen molar-refractivity contribution in [1.29, 1.82) is 0 Å². The van der Waals surface area contributed by atoms with Crippen molar-refractivity contribution in [2.75, 3.05) is 4.90 Å². The minimum absolute atomic E-state index is 1.11. The topological polar surface area (TPSA) is 8.17 Å². The number of hydrogen-bond acceptors (Lipinski definition) is 1. The highest BCUT2D eigenvalue weighted by molar-refractivity contribution is 6.25. The molecule has 0 fully saturated rings. The van der Waals surface area contributed by atoms with Gasteiger partial charge in [0.05, 0.1) is 11.0 Å². The monoisotopic (exact) mass is 762 g/mol. The molecule has 1 aromatic heterocycles. The third kappa shape index (κ3) is 5.57. The first kappa shape index (κ1) is 34.1. The van der Waals surface area contributed by atoms with Crippen LogP contribution in [0.15, 0.2) is 231 Å². The van der Waals surface area contributed by atoms with Crippen molar-refractivity contribution >= 4 is 82.0 Å². The molecule has 0 unspecified atom stereocenters. The van der Waals surface area contributed by atoms with E-state index in [1.165, 1.54) is 87.1 Å². The van der Waals surface area contributed by atoms with Crippen LogP contribution in [0.5, 0.6) is 0 Å². The van der Waals surface area contributed by atoms with Crippen molar-refractivity contribution in [3.8, 4) is 27.9 Å². The summed E-state index contributed by atoms with van der Waals surface area (Å²) < 4.78 is 2.46. The zero-order chi connectivity index (χ0) is 39.6. The predicted molar refractivity (Wildman–Crippen MR) is 256 cm³/mol. The lowest BCUT2D eigenvalue weighted by Gasteiger charge is -2.26. The average Bonchev–Trinajstić information content (AvgIpc) is 3.65. The van der Waals surface area contributed by atoms with Crippen molar-refractivity contribution in [3.05, 3.63) is 231 Å². The van der Waals surface area contributed by atoms with Crippen LogP contribution in [-0.4, -0.2) is 4.57 Å². The second-order valence-corrected chi connectivity index (χ2v) is 15.7. The molecule has 12 aromatic rings. The largest absolute Gasteiger partial charge is 0.310 e. The highest BCUT2D eigenvalue weighted by Crippen LogP contribution is 2.42. The summed E-state index contributed by atoms with van der Waals surface area (Å²) in [4.78, 5) is 2.34. The molecule has 280 valence electrons. The summed E-state index contributed by atoms with van der Waals surface area (Å²) in [7, 11) is 0. The average molecular weight is 763 g/mol. The fraction of sp³-hybridized carbons (Fsp3) is 0. The van der Waals surface area contributed by atoms with Gasteiger partial charge in [-0.05, 0) is 138 Å². The predicted octanol–water partition coefficient (Wildman–Crippen LogP) is 16.2. The van der Waals surface area contributed by atoms with Gasteiger partial charge in [-0.2, -0.15) is 0 Å². The third-order valence-electron chi connectivity index (χ3n) is 12.3. The summed E-state index contributed by atoms with van der Waals surface area (Å²) in [6.07, 6.45) is 0. The van der Waals surface area contributed by atoms with Crippen LogP contribution < -0.4 is 4.90 Å². The Morgan fingerprint density at radius 2 is 0.717 bits per heavy atom. The first-order valence-electron chi connectivity index (χ1n) is 20.7. The van der Waals surface area contributed by atoms with Gasteiger partial charge >= 0.3 is 0 Å². The summed E-state index contributed by atoms with van der Waals surface area (Å²) in [6, 6.07) is 84.2. The summed E-state index contributed by atoms with van der Waals surface area (Å²) in [5, 5.41) is 12.6. The molecular formula is C58H38N2. The van der Waals surface area contributed by atoms with Gasteiger partial charge < -0.3 is 9.47 Å². The summed E-state index contributed by atoms with van der Waals surface area (Å²) in [5.41, 5.74) is 11.7. The lowest BCUT2D eigenvalue weighted by Crippen LogP contribution is -2.09. The van der Waals surface area contributed by atoms with E-state index >= 15 is 0 Å². The van der Waals surface area contributed by atoms with E-state index in [1.807, 2.05) is 0 Å². The second-order valence-electron chi connectivity index (χ2n) is 15.7. The van der Waals surface area contributed by atoms with Gasteiger partial charge in [0.15, 0.2) is 0 Å². The zero-order valence-electron chi connectivity index (χ0n) is 32.8. The molecule has 0 aliphatic rings. The van der Waals surface area contributed by atoms with Gasteiger partial charge in [-0.15, -0.1) is 0 Å². The smallest absolute Gasteiger partial charge is 0.0541 e. The summed E-state index contributed by atoms with van der Waals surface area (Å²) in [5.74, 6) is 0. The van der Waals surface area contributed by atoms with E-state index in [4.69, 9.17) is 0 Å². The molecule has 0 bridgehead atoms. The molecular weight excluding hydrogens is 725 g/mol. The van der Waals surface area contributed by atoms with Crippen LogP contribution in [0.4, 0.5) is 17.1 Å². The van der Waals surface area contributed by atoms with Crippen LogP contribution in [0, 0.1) is 0 Å². The standard InChI is InChI=1S/C58H38N2/c1-3-13-39(14-4-1)43-26-33-57-55(36-43)56-37-44(41-23-28-46(29-24-41)59(45-17-5-2-6-18-45)47-30-25-40-15-7-8-16-42(40)35-47)27-34-58(56)60(57)48-31-32-53-51-21-10-9-19-49(51)50-20-11-12-22-52(50)54(53)38-48/h1-38H. The van der Waals surface area contributed by atoms with Gasteiger partial charge in [0.1, 0.15) is 0 Å². The first-order valence-corrected chi connectivity index (χ1v) is 20.7. The Labute approximate surface area is 348 Å². The summed E-state index contributed by atoms with van der Waals surface area (Å²) >= 11 is 0. The maximum atomic E-state index is 2.46. The van der Waals surface area contributed by atoms with E-state index in [2.05, 4.69) is 240 Å². The number of hydrogen-bond donors (Lipinski definition) is 0. The van der Waals surface area contributed by atoms with E-state index in [0.29, 0.717) is 0 Å². The van der Waals surface area contributed by atoms with Crippen LogP contribution in [0.1, 0.15) is 0 Å². The highest BCUT2D eigenvalue weighted by Gasteiger charge is 2.18. The fourth-order valence-corrected chi connectivity index (χ4v) is 9.47. The number of fused-ring (bicyclic) bond motifs is 10. The lowest BCUT2D eigenvalue weighted by molar-refractivity contribution is 1.19. The van der Waals surface area contributed by atoms with E-state index in [0.717, 1.165) is 22.7 Å². The second kappa shape index (κ2) is 13.9. The van der Waals surface area contributed by atoms with Crippen LogP contribution in [0.3, 0.4) is 0 Å². The van der Waals surface area contributed by atoms with Gasteiger partial charge in [0, 0.05) is 33.5 Å². The zero-order valence-corrected chi connectivity index (χ0v) is 32.8. The van der Waals surface area contributed by atoms with Crippen molar-refractivity contribution in [2.45, 2.75) is 0 Å². The Morgan fingerprint density at radius 1 is 0.250 bits per heavy atom. The molecule has 0 aliphatic carbocycles. The molecule has 0 saturated heterocycles. The lowest BCUT2D eigenvalue weighted by atomic mass is 9.94. The van der Waals surface area contributed by atoms with E-state index < -0.39 is 0 Å². The SMILES string of the molecule is c1ccc(-c2ccc3c(c2)c2cc(-c4ccc(N(c5ccccc5)c5ccc6ccccc6c5)cc4)ccc2n3-c2ccc3c4ccccc4c4ccccc4c3c2)cc1. The maximum Gasteiger partial charge on any atom is 0.0541 e. The normalized spacial score (nSPS) is 11.7. The maximum absolute atomic E-state index is 2.46. The molecule has 0 aliphatic heterocycles. The van der Waals surface area contributed by atoms with Gasteiger partial charge in [-0.3, -0.25) is 0 Å². The molecule has 0 radical (unpaired) electrons. The molecule has 60 heavy (non-hydrogen) atoms. The molecule has 2 nitrogen and oxygen atoms in total. The van der Waals surface area contributed by atoms with Crippen LogP contribution in [-0.2, 0) is 0 Å². The molecule has 0 spiro atoms. The highest BCUT2D eigenvalue weighted by atomic mass is 15.1. The number of nitrogens with zero attached hydrogens (tertiary/aromatic N) is 2. The molecule has 0 N–H and O–H groups in total. The molecule has 1 heterocycles. The van der Waals surface area contributed by atoms with Gasteiger partial charge in [0.2, 0.25) is 0 Å². The number of benzene rings is 11. The molecule has 2 heteroatoms. The Kier molecular flexibility index (Phi) is 7.89. The third-order valence-corrected chi connectivity index (χ3v) is 12.3. The van der Waals surface area contributed by atoms with Gasteiger partial charge in [-0.25, -0.2) is 0 Å². The van der Waals surface area contributed by atoms with Crippen LogP contribution >= 0.6 is 0 Å². The molecule has 0 saturated carbocycles. The number of para-hydroxylation sites is 1. The minimum Gasteiger partial charge on any atom is -0.310 e. The molecule has 11 aromatic carbocycles.